The van der Waals surface area contributed by atoms with Crippen LogP contribution in [-0.4, -0.2) is 39.3 Å². The Morgan fingerprint density at radius 2 is 0.622 bits per heavy atom. The second-order valence-electron chi connectivity index (χ2n) is 9.01. The van der Waals surface area contributed by atoms with Crippen LogP contribution in [0.1, 0.15) is 68.9 Å². The second kappa shape index (κ2) is 31.7. The second-order valence-corrected chi connectivity index (χ2v) is 9.01. The Hall–Kier alpha value is -0.560. The Morgan fingerprint density at radius 1 is 0.324 bits per heavy atom. The van der Waals surface area contributed by atoms with Crippen molar-refractivity contribution in [2.45, 2.75) is 70.9 Å². The van der Waals surface area contributed by atoms with Crippen molar-refractivity contribution < 1.29 is 0 Å². The molecule has 0 aliphatic rings. The molecular weight excluding hydrogens is 546 g/mol. The lowest BCUT2D eigenvalue weighted by Gasteiger charge is -2.07. The standard InChI is InChI=1S/C29H48N4.4ClH/c1(2-4-12-20-30-22-14-24-32-26-28-16-8-6-9-17-28)3-5-13-21-31-23-15-25-33-27-29-18-10-7-11-19-29;;;;/h6-11,16-19,30-33H,1-5,12-15,20-27H2;4*1H. The number of hydrogen-bond acceptors (Lipinski definition) is 4. The van der Waals surface area contributed by atoms with E-state index in [0.717, 1.165) is 39.3 Å². The van der Waals surface area contributed by atoms with Gasteiger partial charge in [0, 0.05) is 13.1 Å². The number of benzene rings is 2. The maximum atomic E-state index is 3.58. The molecule has 0 unspecified atom stereocenters. The summed E-state index contributed by atoms with van der Waals surface area (Å²) in [6.45, 7) is 8.71. The zero-order valence-electron chi connectivity index (χ0n) is 22.4. The number of nitrogens with one attached hydrogen (secondary N) is 4. The normalized spacial score (nSPS) is 9.95. The molecule has 0 spiro atoms. The molecule has 0 saturated carbocycles. The smallest absolute Gasteiger partial charge is 0.0205 e. The number of halogens is 4. The van der Waals surface area contributed by atoms with Gasteiger partial charge in [0.15, 0.2) is 0 Å². The molecule has 0 saturated heterocycles. The average Bonchev–Trinajstić information content (AvgIpc) is 2.86. The summed E-state index contributed by atoms with van der Waals surface area (Å²) in [6.07, 6.45) is 11.9. The molecule has 2 aromatic carbocycles. The number of hydrogen-bond donors (Lipinski definition) is 4. The van der Waals surface area contributed by atoms with E-state index < -0.39 is 0 Å². The first-order valence-electron chi connectivity index (χ1n) is 13.4. The SMILES string of the molecule is Cl.Cl.Cl.Cl.c1ccc(CNCCCNCCCCCCCCCNCCCNCc2ccccc2)cc1. The van der Waals surface area contributed by atoms with Gasteiger partial charge in [-0.2, -0.15) is 0 Å². The summed E-state index contributed by atoms with van der Waals surface area (Å²) in [5.74, 6) is 0. The Balaban J connectivity index is -0.00000289. The molecule has 0 bridgehead atoms. The molecule has 0 radical (unpaired) electrons. The van der Waals surface area contributed by atoms with Crippen molar-refractivity contribution in [1.29, 1.82) is 0 Å². The van der Waals surface area contributed by atoms with Crippen LogP contribution in [0, 0.1) is 0 Å². The van der Waals surface area contributed by atoms with E-state index >= 15 is 0 Å². The number of unbranched alkanes of at least 4 members (excludes halogenated alkanes) is 6. The van der Waals surface area contributed by atoms with Gasteiger partial charge in [0.05, 0.1) is 0 Å². The third-order valence-electron chi connectivity index (χ3n) is 5.97. The molecule has 0 aromatic heterocycles. The van der Waals surface area contributed by atoms with Gasteiger partial charge in [-0.15, -0.1) is 49.6 Å². The van der Waals surface area contributed by atoms with Crippen LogP contribution in [0.5, 0.6) is 0 Å². The summed E-state index contributed by atoms with van der Waals surface area (Å²) in [4.78, 5) is 0. The summed E-state index contributed by atoms with van der Waals surface area (Å²) >= 11 is 0. The predicted molar refractivity (Wildman–Crippen MR) is 173 cm³/mol. The minimum Gasteiger partial charge on any atom is -0.317 e. The molecule has 37 heavy (non-hydrogen) atoms. The lowest BCUT2D eigenvalue weighted by Crippen LogP contribution is -2.22. The molecule has 0 fully saturated rings. The third-order valence-corrected chi connectivity index (χ3v) is 5.97. The van der Waals surface area contributed by atoms with E-state index in [2.05, 4.69) is 81.9 Å². The largest absolute Gasteiger partial charge is 0.317 e. The highest BCUT2D eigenvalue weighted by atomic mass is 35.5. The van der Waals surface area contributed by atoms with Crippen LogP contribution in [0.25, 0.3) is 0 Å². The fraction of sp³-hybridized carbons (Fsp3) is 0.586. The van der Waals surface area contributed by atoms with Gasteiger partial charge >= 0.3 is 0 Å². The fourth-order valence-corrected chi connectivity index (χ4v) is 3.97. The van der Waals surface area contributed by atoms with Crippen molar-refractivity contribution in [3.63, 3.8) is 0 Å². The van der Waals surface area contributed by atoms with E-state index in [4.69, 9.17) is 0 Å². The Labute approximate surface area is 252 Å². The van der Waals surface area contributed by atoms with Crippen LogP contribution in [0.15, 0.2) is 60.7 Å². The molecule has 4 N–H and O–H groups in total. The molecule has 8 heteroatoms. The van der Waals surface area contributed by atoms with Crippen molar-refractivity contribution in [2.75, 3.05) is 39.3 Å². The quantitative estimate of drug-likeness (QED) is 0.111. The zero-order chi connectivity index (χ0) is 23.1. The van der Waals surface area contributed by atoms with E-state index in [-0.39, 0.29) is 49.6 Å². The average molecular weight is 599 g/mol. The molecule has 0 heterocycles. The zero-order valence-corrected chi connectivity index (χ0v) is 25.7. The van der Waals surface area contributed by atoms with Crippen LogP contribution >= 0.6 is 49.6 Å². The van der Waals surface area contributed by atoms with Gasteiger partial charge in [0.1, 0.15) is 0 Å². The van der Waals surface area contributed by atoms with Gasteiger partial charge in [-0.25, -0.2) is 0 Å². The number of rotatable bonds is 22. The lowest BCUT2D eigenvalue weighted by atomic mass is 10.1. The molecule has 2 aromatic rings. The van der Waals surface area contributed by atoms with E-state index in [9.17, 15) is 0 Å². The van der Waals surface area contributed by atoms with Crippen molar-refractivity contribution in [2.24, 2.45) is 0 Å². The van der Waals surface area contributed by atoms with Crippen molar-refractivity contribution >= 4 is 49.6 Å². The summed E-state index contributed by atoms with van der Waals surface area (Å²) in [5, 5.41) is 14.2. The molecule has 216 valence electrons. The summed E-state index contributed by atoms with van der Waals surface area (Å²) in [7, 11) is 0. The van der Waals surface area contributed by atoms with Crippen LogP contribution in [-0.2, 0) is 13.1 Å². The van der Waals surface area contributed by atoms with E-state index in [1.165, 1.54) is 82.0 Å². The predicted octanol–water partition coefficient (Wildman–Crippen LogP) is 6.94. The lowest BCUT2D eigenvalue weighted by molar-refractivity contribution is 0.532. The van der Waals surface area contributed by atoms with Crippen LogP contribution in [0.4, 0.5) is 0 Å². The van der Waals surface area contributed by atoms with E-state index in [0.29, 0.717) is 0 Å². The Kier molecular flexibility index (Phi) is 35.0. The minimum atomic E-state index is 0. The third kappa shape index (κ3) is 25.5. The maximum absolute atomic E-state index is 3.58. The van der Waals surface area contributed by atoms with Crippen LogP contribution in [0.2, 0.25) is 0 Å². The monoisotopic (exact) mass is 596 g/mol. The first kappa shape index (κ1) is 40.9. The summed E-state index contributed by atoms with van der Waals surface area (Å²) in [5.41, 5.74) is 2.73. The first-order chi connectivity index (χ1) is 16.4. The highest BCUT2D eigenvalue weighted by Gasteiger charge is 1.95. The van der Waals surface area contributed by atoms with Gasteiger partial charge in [-0.1, -0.05) is 92.8 Å². The fourth-order valence-electron chi connectivity index (χ4n) is 3.97. The van der Waals surface area contributed by atoms with Crippen LogP contribution in [0.3, 0.4) is 0 Å². The van der Waals surface area contributed by atoms with E-state index in [1.54, 1.807) is 0 Å². The van der Waals surface area contributed by atoms with Gasteiger partial charge < -0.3 is 21.3 Å². The van der Waals surface area contributed by atoms with Crippen molar-refractivity contribution in [3.8, 4) is 0 Å². The topological polar surface area (TPSA) is 48.1 Å². The molecule has 0 aliphatic carbocycles. The van der Waals surface area contributed by atoms with Gasteiger partial charge in [0.25, 0.3) is 0 Å². The highest BCUT2D eigenvalue weighted by Crippen LogP contribution is 2.06. The highest BCUT2D eigenvalue weighted by molar-refractivity contribution is 5.86. The van der Waals surface area contributed by atoms with Crippen molar-refractivity contribution in [3.05, 3.63) is 71.8 Å². The van der Waals surface area contributed by atoms with Crippen LogP contribution < -0.4 is 21.3 Å². The molecule has 0 aliphatic heterocycles. The maximum Gasteiger partial charge on any atom is 0.0205 e. The molecule has 0 amide bonds. The summed E-state index contributed by atoms with van der Waals surface area (Å²) < 4.78 is 0. The van der Waals surface area contributed by atoms with Gasteiger partial charge in [-0.05, 0) is 76.1 Å². The van der Waals surface area contributed by atoms with Gasteiger partial charge in [0.2, 0.25) is 0 Å². The summed E-state index contributed by atoms with van der Waals surface area (Å²) in [6, 6.07) is 21.3. The Morgan fingerprint density at radius 3 is 1.00 bits per heavy atom. The molecule has 0 atom stereocenters. The minimum absolute atomic E-state index is 0. The van der Waals surface area contributed by atoms with Crippen molar-refractivity contribution in [1.82, 2.24) is 21.3 Å². The molecule has 2 rings (SSSR count). The van der Waals surface area contributed by atoms with E-state index in [1.807, 2.05) is 0 Å². The first-order valence-corrected chi connectivity index (χ1v) is 13.4. The van der Waals surface area contributed by atoms with Gasteiger partial charge in [-0.3, -0.25) is 0 Å². The molecule has 4 nitrogen and oxygen atoms in total. The molecular formula is C29H52Cl4N4. The Bertz CT molecular complexity index is 608.